The van der Waals surface area contributed by atoms with Crippen LogP contribution in [0.15, 0.2) is 23.0 Å². The molecular weight excluding hydrogens is 152 g/mol. The van der Waals surface area contributed by atoms with Gasteiger partial charge in [-0.25, -0.2) is 0 Å². The lowest BCUT2D eigenvalue weighted by Crippen LogP contribution is -2.18. The number of rotatable bonds is 2. The molecule has 0 aliphatic heterocycles. The van der Waals surface area contributed by atoms with Gasteiger partial charge in [-0.1, -0.05) is 6.07 Å². The Morgan fingerprint density at radius 2 is 2.25 bits per heavy atom. The van der Waals surface area contributed by atoms with Gasteiger partial charge in [-0.3, -0.25) is 4.79 Å². The van der Waals surface area contributed by atoms with Gasteiger partial charge in [-0.15, -0.1) is 0 Å². The second-order valence-electron chi connectivity index (χ2n) is 3.33. The summed E-state index contributed by atoms with van der Waals surface area (Å²) in [7, 11) is 0. The fourth-order valence-corrected chi connectivity index (χ4v) is 1.37. The fraction of sp³-hybridized carbons (Fsp3) is 0.444. The quantitative estimate of drug-likeness (QED) is 0.678. The third kappa shape index (κ3) is 1.41. The summed E-state index contributed by atoms with van der Waals surface area (Å²) >= 11 is 0. The van der Waals surface area contributed by atoms with Gasteiger partial charge in [0.15, 0.2) is 0 Å². The third-order valence-corrected chi connectivity index (χ3v) is 2.28. The zero-order valence-corrected chi connectivity index (χ0v) is 6.79. The Hall–Kier alpha value is -1.09. The molecule has 0 radical (unpaired) electrons. The van der Waals surface area contributed by atoms with Crippen LogP contribution in [0.2, 0.25) is 0 Å². The highest BCUT2D eigenvalue weighted by Crippen LogP contribution is 2.38. The van der Waals surface area contributed by atoms with E-state index >= 15 is 0 Å². The first-order valence-corrected chi connectivity index (χ1v) is 4.22. The summed E-state index contributed by atoms with van der Waals surface area (Å²) in [4.78, 5) is 13.7. The van der Waals surface area contributed by atoms with Crippen molar-refractivity contribution in [2.75, 3.05) is 0 Å². The molecule has 3 nitrogen and oxygen atoms in total. The molecule has 2 rings (SSSR count). The molecule has 0 spiro atoms. The van der Waals surface area contributed by atoms with Crippen molar-refractivity contribution in [1.82, 2.24) is 4.98 Å². The molecule has 0 amide bonds. The van der Waals surface area contributed by atoms with E-state index in [9.17, 15) is 4.79 Å². The Bertz CT molecular complexity index is 327. The second kappa shape index (κ2) is 2.75. The van der Waals surface area contributed by atoms with Crippen molar-refractivity contribution >= 4 is 0 Å². The Kier molecular flexibility index (Phi) is 1.73. The van der Waals surface area contributed by atoms with E-state index in [0.29, 0.717) is 5.92 Å². The Labute approximate surface area is 70.6 Å². The maximum absolute atomic E-state index is 10.9. The molecule has 1 aliphatic carbocycles. The molecule has 0 bridgehead atoms. The van der Waals surface area contributed by atoms with Gasteiger partial charge in [0.25, 0.3) is 0 Å². The van der Waals surface area contributed by atoms with E-state index in [0.717, 1.165) is 5.69 Å². The maximum Gasteiger partial charge on any atom is 0.248 e. The first-order valence-electron chi connectivity index (χ1n) is 4.22. The number of nitrogens with one attached hydrogen (secondary N) is 1. The van der Waals surface area contributed by atoms with Gasteiger partial charge in [0, 0.05) is 17.8 Å². The van der Waals surface area contributed by atoms with Crippen LogP contribution in [0.25, 0.3) is 0 Å². The van der Waals surface area contributed by atoms with Crippen molar-refractivity contribution in [2.24, 2.45) is 11.7 Å². The summed E-state index contributed by atoms with van der Waals surface area (Å²) in [6.45, 7) is 0. The Morgan fingerprint density at radius 1 is 1.50 bits per heavy atom. The van der Waals surface area contributed by atoms with Crippen LogP contribution >= 0.6 is 0 Å². The van der Waals surface area contributed by atoms with Crippen molar-refractivity contribution < 1.29 is 0 Å². The topological polar surface area (TPSA) is 58.9 Å². The van der Waals surface area contributed by atoms with E-state index in [-0.39, 0.29) is 11.6 Å². The van der Waals surface area contributed by atoms with Gasteiger partial charge in [-0.2, -0.15) is 0 Å². The smallest absolute Gasteiger partial charge is 0.248 e. The predicted octanol–water partition coefficient (Wildman–Crippen LogP) is 0.785. The van der Waals surface area contributed by atoms with Crippen LogP contribution in [0, 0.1) is 5.92 Å². The zero-order chi connectivity index (χ0) is 8.55. The van der Waals surface area contributed by atoms with Gasteiger partial charge in [-0.05, 0) is 24.8 Å². The number of nitrogens with two attached hydrogens (primary N) is 1. The lowest BCUT2D eigenvalue weighted by atomic mass is 10.1. The van der Waals surface area contributed by atoms with Crippen LogP contribution < -0.4 is 11.3 Å². The number of hydrogen-bond acceptors (Lipinski definition) is 2. The first kappa shape index (κ1) is 7.55. The number of aromatic nitrogens is 1. The summed E-state index contributed by atoms with van der Waals surface area (Å²) in [5, 5.41) is 0. The summed E-state index contributed by atoms with van der Waals surface area (Å²) in [5.74, 6) is 0.586. The zero-order valence-electron chi connectivity index (χ0n) is 6.79. The predicted molar refractivity (Wildman–Crippen MR) is 46.7 cm³/mol. The molecule has 1 aliphatic rings. The van der Waals surface area contributed by atoms with Crippen LogP contribution in [0.5, 0.6) is 0 Å². The first-order chi connectivity index (χ1) is 5.77. The molecule has 1 fully saturated rings. The molecule has 0 saturated heterocycles. The van der Waals surface area contributed by atoms with Crippen molar-refractivity contribution in [3.05, 3.63) is 34.2 Å². The molecule has 1 aromatic heterocycles. The third-order valence-electron chi connectivity index (χ3n) is 2.28. The van der Waals surface area contributed by atoms with Crippen LogP contribution in [-0.2, 0) is 0 Å². The average Bonchev–Trinajstić information content (AvgIpc) is 2.85. The molecule has 3 N–H and O–H groups in total. The van der Waals surface area contributed by atoms with Gasteiger partial charge < -0.3 is 10.7 Å². The summed E-state index contributed by atoms with van der Waals surface area (Å²) < 4.78 is 0. The lowest BCUT2D eigenvalue weighted by Gasteiger charge is -2.08. The minimum Gasteiger partial charge on any atom is -0.325 e. The Balaban J connectivity index is 2.26. The second-order valence-corrected chi connectivity index (χ2v) is 3.33. The van der Waals surface area contributed by atoms with Crippen molar-refractivity contribution in [3.63, 3.8) is 0 Å². The standard InChI is InChI=1S/C9H12N2O/c10-9(6-4-5-6)7-2-1-3-8(12)11-7/h1-3,6,9H,4-5,10H2,(H,11,12). The molecular formula is C9H12N2O. The summed E-state index contributed by atoms with van der Waals surface area (Å²) in [6, 6.07) is 5.16. The maximum atomic E-state index is 10.9. The molecule has 1 aromatic rings. The van der Waals surface area contributed by atoms with Crippen molar-refractivity contribution in [2.45, 2.75) is 18.9 Å². The van der Waals surface area contributed by atoms with Crippen LogP contribution in [0.4, 0.5) is 0 Å². The van der Waals surface area contributed by atoms with E-state index in [2.05, 4.69) is 4.98 Å². The highest BCUT2D eigenvalue weighted by Gasteiger charge is 2.29. The average molecular weight is 164 g/mol. The van der Waals surface area contributed by atoms with E-state index in [1.807, 2.05) is 6.07 Å². The molecule has 64 valence electrons. The lowest BCUT2D eigenvalue weighted by molar-refractivity contribution is 0.613. The molecule has 1 atom stereocenters. The minimum atomic E-state index is -0.0661. The van der Waals surface area contributed by atoms with Crippen LogP contribution in [0.1, 0.15) is 24.6 Å². The molecule has 0 aromatic carbocycles. The Morgan fingerprint density at radius 3 is 2.83 bits per heavy atom. The van der Waals surface area contributed by atoms with Gasteiger partial charge >= 0.3 is 0 Å². The largest absolute Gasteiger partial charge is 0.325 e. The molecule has 1 saturated carbocycles. The molecule has 1 unspecified atom stereocenters. The van der Waals surface area contributed by atoms with Gasteiger partial charge in [0.05, 0.1) is 0 Å². The van der Waals surface area contributed by atoms with E-state index < -0.39 is 0 Å². The van der Waals surface area contributed by atoms with Crippen molar-refractivity contribution in [1.29, 1.82) is 0 Å². The van der Waals surface area contributed by atoms with E-state index in [4.69, 9.17) is 5.73 Å². The summed E-state index contributed by atoms with van der Waals surface area (Å²) in [6.07, 6.45) is 2.39. The molecule has 12 heavy (non-hydrogen) atoms. The monoisotopic (exact) mass is 164 g/mol. The fourth-order valence-electron chi connectivity index (χ4n) is 1.37. The summed E-state index contributed by atoms with van der Waals surface area (Å²) in [5.41, 5.74) is 6.70. The highest BCUT2D eigenvalue weighted by molar-refractivity contribution is 5.11. The number of aromatic amines is 1. The minimum absolute atomic E-state index is 0.0268. The van der Waals surface area contributed by atoms with Crippen LogP contribution in [-0.4, -0.2) is 4.98 Å². The number of hydrogen-bond donors (Lipinski definition) is 2. The molecule has 3 heteroatoms. The number of pyridine rings is 1. The van der Waals surface area contributed by atoms with E-state index in [1.165, 1.54) is 18.9 Å². The van der Waals surface area contributed by atoms with Crippen LogP contribution in [0.3, 0.4) is 0 Å². The number of H-pyrrole nitrogens is 1. The normalized spacial score (nSPS) is 19.1. The van der Waals surface area contributed by atoms with Crippen molar-refractivity contribution in [3.8, 4) is 0 Å². The molecule has 1 heterocycles. The SMILES string of the molecule is NC(c1cccc(=O)[nH]1)C1CC1. The van der Waals surface area contributed by atoms with Gasteiger partial charge in [0.2, 0.25) is 5.56 Å². The van der Waals surface area contributed by atoms with Gasteiger partial charge in [0.1, 0.15) is 0 Å². The highest BCUT2D eigenvalue weighted by atomic mass is 16.1. The van der Waals surface area contributed by atoms with E-state index in [1.54, 1.807) is 6.07 Å².